The van der Waals surface area contributed by atoms with Crippen molar-refractivity contribution in [2.75, 3.05) is 17.7 Å². The molecule has 19 heavy (non-hydrogen) atoms. The number of nitrogens with two attached hydrogens (primary N) is 1. The molecule has 2 rings (SSSR count). The van der Waals surface area contributed by atoms with E-state index >= 15 is 0 Å². The van der Waals surface area contributed by atoms with Gasteiger partial charge in [-0.2, -0.15) is 13.2 Å². The van der Waals surface area contributed by atoms with Crippen molar-refractivity contribution in [3.05, 3.63) is 11.9 Å². The van der Waals surface area contributed by atoms with Gasteiger partial charge in [-0.3, -0.25) is 0 Å². The lowest BCUT2D eigenvalue weighted by Gasteiger charge is -2.20. The van der Waals surface area contributed by atoms with Gasteiger partial charge in [0, 0.05) is 24.6 Å². The van der Waals surface area contributed by atoms with E-state index < -0.39 is 12.0 Å². The summed E-state index contributed by atoms with van der Waals surface area (Å²) in [5, 5.41) is 12.1. The van der Waals surface area contributed by atoms with E-state index in [4.69, 9.17) is 5.73 Å². The lowest BCUT2D eigenvalue weighted by molar-refractivity contribution is -0.144. The predicted octanol–water partition coefficient (Wildman–Crippen LogP) is 1.65. The summed E-state index contributed by atoms with van der Waals surface area (Å²) in [5.41, 5.74) is 5.36. The second-order valence-corrected chi connectivity index (χ2v) is 4.62. The van der Waals surface area contributed by atoms with Crippen LogP contribution in [-0.2, 0) is 6.18 Å². The summed E-state index contributed by atoms with van der Waals surface area (Å²) < 4.78 is 37.7. The van der Waals surface area contributed by atoms with Crippen LogP contribution in [0.4, 0.5) is 24.8 Å². The maximum atomic E-state index is 12.6. The molecular weight excluding hydrogens is 261 g/mol. The minimum absolute atomic E-state index is 0.00433. The molecule has 106 valence electrons. The third-order valence-electron chi connectivity index (χ3n) is 3.23. The van der Waals surface area contributed by atoms with Gasteiger partial charge in [0.2, 0.25) is 5.82 Å². The minimum Gasteiger partial charge on any atom is -0.396 e. The standard InChI is InChI=1S/C11H15F3N4O/c12-11(13,14)10-17-8(15)4-9(18-10)16-7-3-1-2-6(7)5-19/h4,6-7,19H,1-3,5H2,(H3,15,16,17,18). The highest BCUT2D eigenvalue weighted by Crippen LogP contribution is 2.30. The number of nitrogens with one attached hydrogen (secondary N) is 1. The molecule has 1 saturated carbocycles. The lowest BCUT2D eigenvalue weighted by atomic mass is 10.1. The third-order valence-corrected chi connectivity index (χ3v) is 3.23. The van der Waals surface area contributed by atoms with Crippen LogP contribution in [0.2, 0.25) is 0 Å². The molecule has 1 aliphatic rings. The fourth-order valence-corrected chi connectivity index (χ4v) is 2.30. The van der Waals surface area contributed by atoms with Crippen molar-refractivity contribution < 1.29 is 18.3 Å². The highest BCUT2D eigenvalue weighted by molar-refractivity contribution is 5.45. The van der Waals surface area contributed by atoms with E-state index in [0.29, 0.717) is 0 Å². The maximum Gasteiger partial charge on any atom is 0.451 e. The Morgan fingerprint density at radius 2 is 2.11 bits per heavy atom. The van der Waals surface area contributed by atoms with Crippen LogP contribution in [0.15, 0.2) is 6.07 Å². The van der Waals surface area contributed by atoms with Crippen molar-refractivity contribution in [2.45, 2.75) is 31.5 Å². The Morgan fingerprint density at radius 3 is 2.74 bits per heavy atom. The monoisotopic (exact) mass is 276 g/mol. The maximum absolute atomic E-state index is 12.6. The van der Waals surface area contributed by atoms with Crippen molar-refractivity contribution in [1.29, 1.82) is 0 Å². The summed E-state index contributed by atoms with van der Waals surface area (Å²) >= 11 is 0. The number of hydrogen-bond acceptors (Lipinski definition) is 5. The Labute approximate surface area is 108 Å². The Morgan fingerprint density at radius 1 is 1.37 bits per heavy atom. The first-order chi connectivity index (χ1) is 8.90. The lowest BCUT2D eigenvalue weighted by Crippen LogP contribution is -2.27. The van der Waals surface area contributed by atoms with Gasteiger partial charge in [0.1, 0.15) is 11.6 Å². The van der Waals surface area contributed by atoms with Gasteiger partial charge in [-0.1, -0.05) is 6.42 Å². The first-order valence-corrected chi connectivity index (χ1v) is 5.99. The van der Waals surface area contributed by atoms with Gasteiger partial charge in [0.15, 0.2) is 0 Å². The van der Waals surface area contributed by atoms with Crippen LogP contribution in [-0.4, -0.2) is 27.7 Å². The number of aliphatic hydroxyl groups is 1. The molecule has 0 saturated heterocycles. The number of anilines is 2. The van der Waals surface area contributed by atoms with Gasteiger partial charge in [0.25, 0.3) is 0 Å². The molecule has 4 N–H and O–H groups in total. The molecule has 0 aliphatic heterocycles. The molecule has 0 bridgehead atoms. The minimum atomic E-state index is -4.63. The molecule has 1 aliphatic carbocycles. The average molecular weight is 276 g/mol. The molecule has 1 aromatic heterocycles. The SMILES string of the molecule is Nc1cc(NC2CCCC2CO)nc(C(F)(F)F)n1. The zero-order chi connectivity index (χ0) is 14.0. The average Bonchev–Trinajstić information content (AvgIpc) is 2.74. The molecular formula is C11H15F3N4O. The first kappa shape index (κ1) is 13.9. The molecule has 2 unspecified atom stereocenters. The summed E-state index contributed by atoms with van der Waals surface area (Å²) in [7, 11) is 0. The number of alkyl halides is 3. The second kappa shape index (κ2) is 5.20. The van der Waals surface area contributed by atoms with E-state index in [1.807, 2.05) is 0 Å². The molecule has 0 aromatic carbocycles. The third kappa shape index (κ3) is 3.25. The number of nitrogen functional groups attached to an aromatic ring is 1. The second-order valence-electron chi connectivity index (χ2n) is 4.62. The quantitative estimate of drug-likeness (QED) is 0.781. The highest BCUT2D eigenvalue weighted by Gasteiger charge is 2.36. The van der Waals surface area contributed by atoms with Crippen LogP contribution in [0.5, 0.6) is 0 Å². The Hall–Kier alpha value is -1.57. The van der Waals surface area contributed by atoms with E-state index in [2.05, 4.69) is 15.3 Å². The zero-order valence-electron chi connectivity index (χ0n) is 10.1. The van der Waals surface area contributed by atoms with E-state index in [9.17, 15) is 18.3 Å². The van der Waals surface area contributed by atoms with E-state index in [1.165, 1.54) is 6.07 Å². The summed E-state index contributed by atoms with van der Waals surface area (Å²) in [6.07, 6.45) is -2.06. The van der Waals surface area contributed by atoms with Crippen LogP contribution in [0, 0.1) is 5.92 Å². The van der Waals surface area contributed by atoms with Crippen LogP contribution in [0.3, 0.4) is 0 Å². The molecule has 1 heterocycles. The van der Waals surface area contributed by atoms with Gasteiger partial charge in [-0.25, -0.2) is 9.97 Å². The molecule has 0 radical (unpaired) electrons. The molecule has 0 spiro atoms. The molecule has 2 atom stereocenters. The van der Waals surface area contributed by atoms with Gasteiger partial charge in [-0.05, 0) is 12.8 Å². The predicted molar refractivity (Wildman–Crippen MR) is 63.3 cm³/mol. The number of halogens is 3. The van der Waals surface area contributed by atoms with E-state index in [1.54, 1.807) is 0 Å². The Balaban J connectivity index is 2.18. The fraction of sp³-hybridized carbons (Fsp3) is 0.636. The molecule has 1 fully saturated rings. The van der Waals surface area contributed by atoms with Crippen molar-refractivity contribution in [2.24, 2.45) is 5.92 Å². The van der Waals surface area contributed by atoms with E-state index in [-0.39, 0.29) is 30.2 Å². The van der Waals surface area contributed by atoms with Crippen LogP contribution < -0.4 is 11.1 Å². The van der Waals surface area contributed by atoms with Crippen molar-refractivity contribution >= 4 is 11.6 Å². The zero-order valence-corrected chi connectivity index (χ0v) is 10.1. The van der Waals surface area contributed by atoms with Gasteiger partial charge in [-0.15, -0.1) is 0 Å². The van der Waals surface area contributed by atoms with Crippen LogP contribution in [0.1, 0.15) is 25.1 Å². The summed E-state index contributed by atoms with van der Waals surface area (Å²) in [5.74, 6) is -1.41. The number of rotatable bonds is 3. The van der Waals surface area contributed by atoms with Crippen molar-refractivity contribution in [1.82, 2.24) is 9.97 Å². The van der Waals surface area contributed by atoms with Crippen LogP contribution in [0.25, 0.3) is 0 Å². The van der Waals surface area contributed by atoms with Crippen molar-refractivity contribution in [3.8, 4) is 0 Å². The Kier molecular flexibility index (Phi) is 3.79. The summed E-state index contributed by atoms with van der Waals surface area (Å²) in [6, 6.07) is 1.18. The van der Waals surface area contributed by atoms with Gasteiger partial charge in [0.05, 0.1) is 0 Å². The molecule has 1 aromatic rings. The summed E-state index contributed by atoms with van der Waals surface area (Å²) in [4.78, 5) is 6.60. The molecule has 8 heteroatoms. The van der Waals surface area contributed by atoms with Gasteiger partial charge >= 0.3 is 6.18 Å². The highest BCUT2D eigenvalue weighted by atomic mass is 19.4. The summed E-state index contributed by atoms with van der Waals surface area (Å²) in [6.45, 7) is 0.00433. The topological polar surface area (TPSA) is 84.1 Å². The van der Waals surface area contributed by atoms with E-state index in [0.717, 1.165) is 19.3 Å². The smallest absolute Gasteiger partial charge is 0.396 e. The fourth-order valence-electron chi connectivity index (χ4n) is 2.30. The number of aliphatic hydroxyl groups excluding tert-OH is 1. The van der Waals surface area contributed by atoms with Crippen molar-refractivity contribution in [3.63, 3.8) is 0 Å². The molecule has 0 amide bonds. The first-order valence-electron chi connectivity index (χ1n) is 5.99. The largest absolute Gasteiger partial charge is 0.451 e. The Bertz CT molecular complexity index is 452. The van der Waals surface area contributed by atoms with Crippen LogP contribution >= 0.6 is 0 Å². The number of hydrogen-bond donors (Lipinski definition) is 3. The number of nitrogens with zero attached hydrogens (tertiary/aromatic N) is 2. The van der Waals surface area contributed by atoms with Gasteiger partial charge < -0.3 is 16.2 Å². The molecule has 5 nitrogen and oxygen atoms in total. The normalized spacial score (nSPS) is 23.6. The number of aromatic nitrogens is 2.